The van der Waals surface area contributed by atoms with E-state index in [2.05, 4.69) is 4.98 Å². The van der Waals surface area contributed by atoms with Crippen molar-refractivity contribution in [3.05, 3.63) is 42.3 Å². The highest BCUT2D eigenvalue weighted by molar-refractivity contribution is 5.81. The fourth-order valence-corrected chi connectivity index (χ4v) is 1.33. The zero-order valence-corrected chi connectivity index (χ0v) is 8.08. The Labute approximate surface area is 84.6 Å². The zero-order valence-electron chi connectivity index (χ0n) is 9.08. The number of nitrogens with one attached hydrogen (secondary N) is 1. The van der Waals surface area contributed by atoms with E-state index in [1.807, 2.05) is 31.2 Å². The minimum atomic E-state index is 0.525. The molecule has 2 nitrogen and oxygen atoms in total. The standard InChI is InChI=1S/C12H13NO/c1-2-14-8-6-10-3-4-12-11(9-10)5-7-13-12/h3-9,13H,2H2,1H3/i5D. The largest absolute Gasteiger partial charge is 0.501 e. The van der Waals surface area contributed by atoms with Gasteiger partial charge in [-0.3, -0.25) is 0 Å². The highest BCUT2D eigenvalue weighted by Gasteiger charge is 1.93. The molecule has 1 aromatic carbocycles. The van der Waals surface area contributed by atoms with Gasteiger partial charge >= 0.3 is 0 Å². The van der Waals surface area contributed by atoms with Crippen LogP contribution in [0, 0.1) is 0 Å². The third-order valence-corrected chi connectivity index (χ3v) is 2.02. The summed E-state index contributed by atoms with van der Waals surface area (Å²) in [6.45, 7) is 2.62. The van der Waals surface area contributed by atoms with E-state index in [9.17, 15) is 0 Å². The molecule has 14 heavy (non-hydrogen) atoms. The van der Waals surface area contributed by atoms with E-state index in [4.69, 9.17) is 6.11 Å². The molecule has 2 heteroatoms. The number of aromatic amines is 1. The molecule has 0 atom stereocenters. The van der Waals surface area contributed by atoms with Crippen molar-refractivity contribution in [2.45, 2.75) is 6.92 Å². The molecule has 0 saturated heterocycles. The molecule has 0 bridgehead atoms. The van der Waals surface area contributed by atoms with Gasteiger partial charge in [-0.15, -0.1) is 0 Å². The van der Waals surface area contributed by atoms with Crippen LogP contribution in [-0.2, 0) is 4.74 Å². The van der Waals surface area contributed by atoms with Crippen molar-refractivity contribution >= 4 is 17.0 Å². The first-order valence-corrected chi connectivity index (χ1v) is 4.67. The molecule has 0 amide bonds. The number of aromatic nitrogens is 1. The molecule has 0 fully saturated rings. The van der Waals surface area contributed by atoms with Gasteiger partial charge in [0, 0.05) is 11.7 Å². The summed E-state index contributed by atoms with van der Waals surface area (Å²) >= 11 is 0. The Balaban J connectivity index is 2.33. The van der Waals surface area contributed by atoms with Crippen LogP contribution < -0.4 is 0 Å². The van der Waals surface area contributed by atoms with Gasteiger partial charge in [0.25, 0.3) is 0 Å². The maximum Gasteiger partial charge on any atom is 0.0845 e. The second-order valence-electron chi connectivity index (χ2n) is 3.00. The minimum absolute atomic E-state index is 0.525. The third-order valence-electron chi connectivity index (χ3n) is 2.02. The molecule has 0 aliphatic rings. The quantitative estimate of drug-likeness (QED) is 0.735. The summed E-state index contributed by atoms with van der Waals surface area (Å²) in [4.78, 5) is 3.04. The summed E-state index contributed by atoms with van der Waals surface area (Å²) in [7, 11) is 0. The van der Waals surface area contributed by atoms with Crippen LogP contribution in [0.5, 0.6) is 0 Å². The van der Waals surface area contributed by atoms with Crippen LogP contribution in [0.25, 0.3) is 17.0 Å². The molecule has 2 aromatic rings. The molecule has 0 saturated carbocycles. The van der Waals surface area contributed by atoms with Gasteiger partial charge in [0.15, 0.2) is 0 Å². The number of rotatable bonds is 3. The number of benzene rings is 1. The summed E-state index contributed by atoms with van der Waals surface area (Å²) in [5.74, 6) is 0. The molecule has 1 aromatic heterocycles. The van der Waals surface area contributed by atoms with Crippen molar-refractivity contribution in [1.82, 2.24) is 4.98 Å². The van der Waals surface area contributed by atoms with Crippen LogP contribution >= 0.6 is 0 Å². The SMILES string of the molecule is [2H]c1c[nH]c2ccc(C=COCC)cc12. The zero-order chi connectivity index (χ0) is 10.7. The summed E-state index contributed by atoms with van der Waals surface area (Å²) in [5.41, 5.74) is 2.04. The normalized spacial score (nSPS) is 12.2. The maximum absolute atomic E-state index is 7.67. The number of hydrogen-bond acceptors (Lipinski definition) is 1. The second kappa shape index (κ2) is 4.01. The molecule has 0 unspecified atom stereocenters. The molecule has 1 heterocycles. The summed E-state index contributed by atoms with van der Waals surface area (Å²) in [6.07, 6.45) is 5.27. The van der Waals surface area contributed by atoms with E-state index in [-0.39, 0.29) is 0 Å². The maximum atomic E-state index is 7.67. The summed E-state index contributed by atoms with van der Waals surface area (Å²) < 4.78 is 12.8. The molecule has 2 rings (SSSR count). The van der Waals surface area contributed by atoms with Gasteiger partial charge in [-0.05, 0) is 42.1 Å². The Hall–Kier alpha value is -1.70. The minimum Gasteiger partial charge on any atom is -0.501 e. The Morgan fingerprint density at radius 3 is 3.36 bits per heavy atom. The molecule has 0 aliphatic heterocycles. The predicted molar refractivity (Wildman–Crippen MR) is 59.0 cm³/mol. The van der Waals surface area contributed by atoms with Gasteiger partial charge in [0.2, 0.25) is 0 Å². The number of ether oxygens (including phenoxy) is 1. The van der Waals surface area contributed by atoms with Crippen LogP contribution in [0.15, 0.2) is 36.7 Å². The predicted octanol–water partition coefficient (Wildman–Crippen LogP) is 3.18. The van der Waals surface area contributed by atoms with Crippen LogP contribution in [-0.4, -0.2) is 11.6 Å². The van der Waals surface area contributed by atoms with Crippen LogP contribution in [0.2, 0.25) is 0 Å². The van der Waals surface area contributed by atoms with E-state index in [0.717, 1.165) is 16.5 Å². The lowest BCUT2D eigenvalue weighted by Gasteiger charge is -1.95. The number of fused-ring (bicyclic) bond motifs is 1. The third kappa shape index (κ3) is 1.79. The fourth-order valence-electron chi connectivity index (χ4n) is 1.33. The summed E-state index contributed by atoms with van der Waals surface area (Å²) in [6, 6.07) is 6.47. The van der Waals surface area contributed by atoms with Crippen LogP contribution in [0.1, 0.15) is 13.9 Å². The van der Waals surface area contributed by atoms with E-state index in [1.165, 1.54) is 0 Å². The Morgan fingerprint density at radius 2 is 2.50 bits per heavy atom. The molecule has 72 valence electrons. The second-order valence-corrected chi connectivity index (χ2v) is 3.00. The molecule has 0 radical (unpaired) electrons. The van der Waals surface area contributed by atoms with Crippen LogP contribution in [0.4, 0.5) is 0 Å². The Bertz CT molecular complexity index is 487. The number of hydrogen-bond donors (Lipinski definition) is 1. The van der Waals surface area contributed by atoms with E-state index in [0.29, 0.717) is 12.6 Å². The lowest BCUT2D eigenvalue weighted by molar-refractivity contribution is 0.272. The average molecular weight is 188 g/mol. The van der Waals surface area contributed by atoms with E-state index < -0.39 is 0 Å². The van der Waals surface area contributed by atoms with Gasteiger partial charge < -0.3 is 9.72 Å². The smallest absolute Gasteiger partial charge is 0.0845 e. The van der Waals surface area contributed by atoms with Gasteiger partial charge in [-0.25, -0.2) is 0 Å². The lowest BCUT2D eigenvalue weighted by atomic mass is 10.1. The van der Waals surface area contributed by atoms with Gasteiger partial charge in [0.05, 0.1) is 14.2 Å². The van der Waals surface area contributed by atoms with E-state index in [1.54, 1.807) is 12.5 Å². The van der Waals surface area contributed by atoms with Gasteiger partial charge in [-0.2, -0.15) is 0 Å². The summed E-state index contributed by atoms with van der Waals surface area (Å²) in [5, 5.41) is 0.939. The highest BCUT2D eigenvalue weighted by atomic mass is 16.5. The first kappa shape index (κ1) is 7.68. The van der Waals surface area contributed by atoms with E-state index >= 15 is 0 Å². The van der Waals surface area contributed by atoms with Crippen molar-refractivity contribution < 1.29 is 6.11 Å². The molecular weight excluding hydrogens is 174 g/mol. The van der Waals surface area contributed by atoms with Crippen LogP contribution in [0.3, 0.4) is 0 Å². The number of H-pyrrole nitrogens is 1. The molecule has 0 aliphatic carbocycles. The highest BCUT2D eigenvalue weighted by Crippen LogP contribution is 2.15. The Morgan fingerprint density at radius 1 is 1.57 bits per heavy atom. The average Bonchev–Trinajstić information content (AvgIpc) is 2.61. The first-order valence-electron chi connectivity index (χ1n) is 5.17. The van der Waals surface area contributed by atoms with Crippen molar-refractivity contribution in [2.75, 3.05) is 6.61 Å². The first-order chi connectivity index (χ1) is 7.31. The molecule has 1 N–H and O–H groups in total. The Kier molecular flexibility index (Phi) is 2.20. The molecular formula is C12H13NO. The monoisotopic (exact) mass is 188 g/mol. The van der Waals surface area contributed by atoms with Gasteiger partial charge in [0.1, 0.15) is 0 Å². The lowest BCUT2D eigenvalue weighted by Crippen LogP contribution is -1.77. The fraction of sp³-hybridized carbons (Fsp3) is 0.167. The van der Waals surface area contributed by atoms with Crippen molar-refractivity contribution in [3.8, 4) is 0 Å². The van der Waals surface area contributed by atoms with Crippen molar-refractivity contribution in [1.29, 1.82) is 0 Å². The topological polar surface area (TPSA) is 25.0 Å². The molecule has 0 spiro atoms. The van der Waals surface area contributed by atoms with Gasteiger partial charge in [-0.1, -0.05) is 6.07 Å². The van der Waals surface area contributed by atoms with Crippen molar-refractivity contribution in [3.63, 3.8) is 0 Å². The van der Waals surface area contributed by atoms with Crippen molar-refractivity contribution in [2.24, 2.45) is 0 Å².